The molecule has 3 rings (SSSR count). The number of carbonyl (C=O) groups is 4. The first-order valence-corrected chi connectivity index (χ1v) is 16.9. The molecule has 0 aromatic heterocycles. The van der Waals surface area contributed by atoms with Crippen LogP contribution in [0.1, 0.15) is 83.5 Å². The number of rotatable bonds is 13. The molecule has 0 aliphatic heterocycles. The van der Waals surface area contributed by atoms with Crippen LogP contribution < -0.4 is 10.6 Å². The van der Waals surface area contributed by atoms with Crippen molar-refractivity contribution in [3.8, 4) is 0 Å². The van der Waals surface area contributed by atoms with E-state index in [9.17, 15) is 19.2 Å². The van der Waals surface area contributed by atoms with Gasteiger partial charge in [0.05, 0.1) is 0 Å². The topological polar surface area (TPSA) is 114 Å². The summed E-state index contributed by atoms with van der Waals surface area (Å²) in [5.41, 5.74) is 0.828. The van der Waals surface area contributed by atoms with E-state index in [2.05, 4.69) is 10.6 Å². The Bertz CT molecular complexity index is 1320. The molecule has 2 aromatic carbocycles. The Kier molecular flexibility index (Phi) is 12.5. The fourth-order valence-electron chi connectivity index (χ4n) is 4.97. The van der Waals surface area contributed by atoms with Crippen molar-refractivity contribution in [2.24, 2.45) is 0 Å². The Labute approximate surface area is 272 Å². The lowest BCUT2D eigenvalue weighted by Gasteiger charge is -2.36. The standard InChI is InChI=1S/C35H49N3O6S/c1-23-14-12-13-17-26(23)29(30(39)36-28(32(41)43-34(2,3)4)22-24-15-10-9-11-16-24)38(25-18-19-25)31(40)27(20-21-45-8)37-33(42)44-35(5,6)7/h9-17,25,27-29H,18-22H2,1-8H3,(H,36,39)(H,37,42). The highest BCUT2D eigenvalue weighted by atomic mass is 32.2. The third-order valence-electron chi connectivity index (χ3n) is 7.09. The zero-order chi connectivity index (χ0) is 33.4. The first kappa shape index (κ1) is 35.9. The molecule has 2 N–H and O–H groups in total. The van der Waals surface area contributed by atoms with Crippen molar-refractivity contribution in [2.45, 2.75) is 110 Å². The first-order chi connectivity index (χ1) is 21.1. The number of hydrogen-bond donors (Lipinski definition) is 2. The summed E-state index contributed by atoms with van der Waals surface area (Å²) in [4.78, 5) is 56.8. The smallest absolute Gasteiger partial charge is 0.408 e. The number of aryl methyl sites for hydroxylation is 1. The maximum absolute atomic E-state index is 14.5. The quantitative estimate of drug-likeness (QED) is 0.269. The predicted molar refractivity (Wildman–Crippen MR) is 178 cm³/mol. The second kappa shape index (κ2) is 15.7. The number of carbonyl (C=O) groups excluding carboxylic acids is 4. The summed E-state index contributed by atoms with van der Waals surface area (Å²) >= 11 is 1.56. The van der Waals surface area contributed by atoms with Gasteiger partial charge < -0.3 is 25.0 Å². The van der Waals surface area contributed by atoms with Gasteiger partial charge in [0, 0.05) is 12.5 Å². The van der Waals surface area contributed by atoms with Gasteiger partial charge in [-0.2, -0.15) is 11.8 Å². The second-order valence-electron chi connectivity index (χ2n) is 13.5. The molecule has 0 spiro atoms. The van der Waals surface area contributed by atoms with Crippen molar-refractivity contribution in [3.05, 3.63) is 71.3 Å². The number of alkyl carbamates (subject to hydrolysis) is 1. The molecule has 0 bridgehead atoms. The van der Waals surface area contributed by atoms with Crippen LogP contribution in [0.3, 0.4) is 0 Å². The molecule has 9 nitrogen and oxygen atoms in total. The van der Waals surface area contributed by atoms with E-state index in [0.29, 0.717) is 17.7 Å². The molecule has 2 aromatic rings. The minimum atomic E-state index is -1.04. The molecule has 1 fully saturated rings. The van der Waals surface area contributed by atoms with Gasteiger partial charge >= 0.3 is 12.1 Å². The van der Waals surface area contributed by atoms with Crippen LogP contribution in [0.15, 0.2) is 54.6 Å². The molecule has 0 saturated heterocycles. The van der Waals surface area contributed by atoms with Gasteiger partial charge in [-0.3, -0.25) is 9.59 Å². The third kappa shape index (κ3) is 11.4. The van der Waals surface area contributed by atoms with E-state index in [1.165, 1.54) is 0 Å². The van der Waals surface area contributed by atoms with Crippen LogP contribution in [0.25, 0.3) is 0 Å². The van der Waals surface area contributed by atoms with Gasteiger partial charge in [-0.05, 0) is 96.4 Å². The van der Waals surface area contributed by atoms with Crippen LogP contribution in [0.5, 0.6) is 0 Å². The predicted octanol–water partition coefficient (Wildman–Crippen LogP) is 5.74. The van der Waals surface area contributed by atoms with Gasteiger partial charge in [-0.1, -0.05) is 54.6 Å². The highest BCUT2D eigenvalue weighted by Crippen LogP contribution is 2.37. The lowest BCUT2D eigenvalue weighted by Crippen LogP contribution is -2.55. The van der Waals surface area contributed by atoms with E-state index in [1.807, 2.05) is 67.8 Å². The van der Waals surface area contributed by atoms with E-state index in [4.69, 9.17) is 9.47 Å². The van der Waals surface area contributed by atoms with Gasteiger partial charge in [0.1, 0.15) is 29.3 Å². The number of hydrogen-bond acceptors (Lipinski definition) is 7. The summed E-state index contributed by atoms with van der Waals surface area (Å²) in [6.45, 7) is 12.5. The van der Waals surface area contributed by atoms with Gasteiger partial charge in [0.15, 0.2) is 0 Å². The van der Waals surface area contributed by atoms with E-state index in [-0.39, 0.29) is 18.4 Å². The molecule has 0 heterocycles. The molecule has 1 aliphatic carbocycles. The Morgan fingerprint density at radius 3 is 2.02 bits per heavy atom. The molecule has 3 unspecified atom stereocenters. The highest BCUT2D eigenvalue weighted by Gasteiger charge is 2.45. The number of nitrogens with zero attached hydrogens (tertiary/aromatic N) is 1. The molecular formula is C35H49N3O6S. The largest absolute Gasteiger partial charge is 0.458 e. The average Bonchev–Trinajstić information content (AvgIpc) is 3.77. The number of esters is 1. The molecule has 1 aliphatic rings. The van der Waals surface area contributed by atoms with Crippen LogP contribution in [0.2, 0.25) is 0 Å². The summed E-state index contributed by atoms with van der Waals surface area (Å²) in [7, 11) is 0. The zero-order valence-electron chi connectivity index (χ0n) is 27.8. The summed E-state index contributed by atoms with van der Waals surface area (Å²) in [5.74, 6) is -0.795. The Hall–Kier alpha value is -3.53. The van der Waals surface area contributed by atoms with Crippen molar-refractivity contribution in [3.63, 3.8) is 0 Å². The molecule has 1 saturated carbocycles. The normalized spacial score (nSPS) is 15.3. The minimum Gasteiger partial charge on any atom is -0.458 e. The van der Waals surface area contributed by atoms with Crippen molar-refractivity contribution >= 4 is 35.6 Å². The van der Waals surface area contributed by atoms with E-state index in [1.54, 1.807) is 58.2 Å². The van der Waals surface area contributed by atoms with Crippen LogP contribution in [-0.4, -0.2) is 70.1 Å². The summed E-state index contributed by atoms with van der Waals surface area (Å²) in [6, 6.07) is 13.7. The molecule has 10 heteroatoms. The van der Waals surface area contributed by atoms with Gasteiger partial charge in [-0.25, -0.2) is 9.59 Å². The van der Waals surface area contributed by atoms with Gasteiger partial charge in [-0.15, -0.1) is 0 Å². The molecule has 246 valence electrons. The van der Waals surface area contributed by atoms with Crippen LogP contribution in [0.4, 0.5) is 4.79 Å². The maximum Gasteiger partial charge on any atom is 0.408 e. The Balaban J connectivity index is 2.02. The molecule has 3 amide bonds. The Morgan fingerprint density at radius 2 is 1.47 bits per heavy atom. The van der Waals surface area contributed by atoms with E-state index >= 15 is 0 Å². The first-order valence-electron chi connectivity index (χ1n) is 15.5. The van der Waals surface area contributed by atoms with Crippen molar-refractivity contribution in [1.82, 2.24) is 15.5 Å². The lowest BCUT2D eigenvalue weighted by atomic mass is 9.96. The number of ether oxygens (including phenoxy) is 2. The molecule has 45 heavy (non-hydrogen) atoms. The fourth-order valence-corrected chi connectivity index (χ4v) is 5.44. The zero-order valence-corrected chi connectivity index (χ0v) is 28.7. The van der Waals surface area contributed by atoms with Crippen LogP contribution >= 0.6 is 11.8 Å². The van der Waals surface area contributed by atoms with E-state index in [0.717, 1.165) is 24.0 Å². The van der Waals surface area contributed by atoms with Crippen molar-refractivity contribution < 1.29 is 28.7 Å². The fraction of sp³-hybridized carbons (Fsp3) is 0.543. The van der Waals surface area contributed by atoms with Crippen molar-refractivity contribution in [2.75, 3.05) is 12.0 Å². The number of amides is 3. The third-order valence-corrected chi connectivity index (χ3v) is 7.74. The Morgan fingerprint density at radius 1 is 0.867 bits per heavy atom. The number of benzene rings is 2. The van der Waals surface area contributed by atoms with Crippen LogP contribution in [0, 0.1) is 6.92 Å². The summed E-state index contributed by atoms with van der Waals surface area (Å²) in [5, 5.41) is 5.74. The van der Waals surface area contributed by atoms with E-state index < -0.39 is 47.3 Å². The number of nitrogens with one attached hydrogen (secondary N) is 2. The molecule has 3 atom stereocenters. The van der Waals surface area contributed by atoms with Crippen LogP contribution in [-0.2, 0) is 30.3 Å². The van der Waals surface area contributed by atoms with Crippen molar-refractivity contribution in [1.29, 1.82) is 0 Å². The number of thioether (sulfide) groups is 1. The SMILES string of the molecule is CSCCC(NC(=O)OC(C)(C)C)C(=O)N(C1CC1)C(C(=O)NC(Cc1ccccc1)C(=O)OC(C)(C)C)c1ccccc1C. The second-order valence-corrected chi connectivity index (χ2v) is 14.5. The summed E-state index contributed by atoms with van der Waals surface area (Å²) < 4.78 is 11.2. The summed E-state index contributed by atoms with van der Waals surface area (Å²) in [6.07, 6.45) is 3.27. The minimum absolute atomic E-state index is 0.195. The lowest BCUT2D eigenvalue weighted by molar-refractivity contribution is -0.159. The highest BCUT2D eigenvalue weighted by molar-refractivity contribution is 7.98. The van der Waals surface area contributed by atoms with Gasteiger partial charge in [0.2, 0.25) is 11.8 Å². The molecular weight excluding hydrogens is 590 g/mol. The molecule has 0 radical (unpaired) electrons. The average molecular weight is 640 g/mol. The monoisotopic (exact) mass is 639 g/mol. The maximum atomic E-state index is 14.5. The van der Waals surface area contributed by atoms with Gasteiger partial charge in [0.25, 0.3) is 0 Å².